The normalized spacial score (nSPS) is 11.6. The van der Waals surface area contributed by atoms with Crippen LogP contribution in [0.15, 0.2) is 101 Å². The Morgan fingerprint density at radius 1 is 0.829 bits per heavy atom. The quantitative estimate of drug-likeness (QED) is 0.339. The fourth-order valence-electron chi connectivity index (χ4n) is 4.17. The van der Waals surface area contributed by atoms with Crippen LogP contribution in [0.2, 0.25) is 0 Å². The molecule has 3 aromatic carbocycles. The van der Waals surface area contributed by atoms with Crippen LogP contribution in [0.3, 0.4) is 0 Å². The molecule has 0 amide bonds. The van der Waals surface area contributed by atoms with E-state index in [-0.39, 0.29) is 5.56 Å². The lowest BCUT2D eigenvalue weighted by atomic mass is 9.81. The Balaban J connectivity index is 1.74. The highest BCUT2D eigenvalue weighted by Crippen LogP contribution is 2.36. The summed E-state index contributed by atoms with van der Waals surface area (Å²) >= 11 is 1.35. The summed E-state index contributed by atoms with van der Waals surface area (Å²) in [6.45, 7) is 0. The smallest absolute Gasteiger partial charge is 0.277 e. The molecule has 0 saturated heterocycles. The molecule has 2 heterocycles. The summed E-state index contributed by atoms with van der Waals surface area (Å²) in [5, 5.41) is 25.3. The van der Waals surface area contributed by atoms with Gasteiger partial charge in [0.25, 0.3) is 5.56 Å². The molecule has 0 saturated carbocycles. The number of aromatic nitrogens is 3. The fraction of sp³-hybridized carbons (Fsp3) is 0.0714. The van der Waals surface area contributed by atoms with E-state index >= 15 is 0 Å². The Bertz CT molecular complexity index is 1570. The summed E-state index contributed by atoms with van der Waals surface area (Å²) in [6.07, 6.45) is 0. The van der Waals surface area contributed by atoms with E-state index in [1.165, 1.54) is 16.0 Å². The maximum Gasteiger partial charge on any atom is 0.277 e. The van der Waals surface area contributed by atoms with Crippen molar-refractivity contribution in [2.75, 3.05) is 0 Å². The van der Waals surface area contributed by atoms with Gasteiger partial charge in [0.2, 0.25) is 5.13 Å². The van der Waals surface area contributed by atoms with Gasteiger partial charge in [0.1, 0.15) is 5.92 Å². The highest BCUT2D eigenvalue weighted by atomic mass is 32.1. The average Bonchev–Trinajstić information content (AvgIpc) is 3.54. The molecule has 0 aliphatic rings. The molecule has 5 rings (SSSR count). The van der Waals surface area contributed by atoms with Crippen molar-refractivity contribution in [3.05, 3.63) is 118 Å². The van der Waals surface area contributed by atoms with Crippen molar-refractivity contribution >= 4 is 11.3 Å². The van der Waals surface area contributed by atoms with E-state index in [4.69, 9.17) is 4.98 Å². The van der Waals surface area contributed by atoms with E-state index in [2.05, 4.69) is 17.2 Å². The van der Waals surface area contributed by atoms with Gasteiger partial charge in [-0.25, -0.2) is 4.98 Å². The molecular weight excluding hydrogens is 454 g/mol. The highest BCUT2D eigenvalue weighted by molar-refractivity contribution is 7.12. The molecule has 1 N–H and O–H groups in total. The second-order valence-corrected chi connectivity index (χ2v) is 8.75. The van der Waals surface area contributed by atoms with Gasteiger partial charge in [0.05, 0.1) is 29.1 Å². The minimum atomic E-state index is -1.05. The minimum Gasteiger partial charge on any atom is -0.288 e. The number of aromatic amines is 1. The molecule has 168 valence electrons. The van der Waals surface area contributed by atoms with Gasteiger partial charge in [-0.3, -0.25) is 9.89 Å². The van der Waals surface area contributed by atoms with Crippen molar-refractivity contribution in [2.24, 2.45) is 5.92 Å². The Kier molecular flexibility index (Phi) is 6.09. The molecule has 0 bridgehead atoms. The molecule has 0 unspecified atom stereocenters. The number of H-pyrrole nitrogens is 1. The van der Waals surface area contributed by atoms with Crippen LogP contribution in [0.5, 0.6) is 0 Å². The van der Waals surface area contributed by atoms with Gasteiger partial charge < -0.3 is 0 Å². The number of nitrogens with one attached hydrogen (secondary N) is 1. The maximum atomic E-state index is 13.9. The van der Waals surface area contributed by atoms with Crippen LogP contribution in [0.25, 0.3) is 27.6 Å². The molecule has 7 heteroatoms. The van der Waals surface area contributed by atoms with Crippen LogP contribution in [0, 0.1) is 28.6 Å². The van der Waals surface area contributed by atoms with Gasteiger partial charge >= 0.3 is 0 Å². The lowest BCUT2D eigenvalue weighted by Crippen LogP contribution is -2.23. The molecule has 1 atom stereocenters. The number of nitriles is 2. The summed E-state index contributed by atoms with van der Waals surface area (Å²) in [5.74, 6) is -1.78. The van der Waals surface area contributed by atoms with Gasteiger partial charge in [-0.2, -0.15) is 15.2 Å². The van der Waals surface area contributed by atoms with Gasteiger partial charge in [0, 0.05) is 16.9 Å². The highest BCUT2D eigenvalue weighted by Gasteiger charge is 2.33. The van der Waals surface area contributed by atoms with E-state index in [9.17, 15) is 15.3 Å². The molecule has 5 aromatic rings. The first-order valence-corrected chi connectivity index (χ1v) is 11.8. The maximum absolute atomic E-state index is 13.9. The van der Waals surface area contributed by atoms with Gasteiger partial charge in [-0.15, -0.1) is 11.3 Å². The molecule has 0 spiro atoms. The zero-order chi connectivity index (χ0) is 24.2. The zero-order valence-electron chi connectivity index (χ0n) is 18.5. The van der Waals surface area contributed by atoms with Crippen LogP contribution in [0.1, 0.15) is 17.0 Å². The first-order chi connectivity index (χ1) is 17.2. The Morgan fingerprint density at radius 3 is 2.00 bits per heavy atom. The molecule has 0 aliphatic heterocycles. The van der Waals surface area contributed by atoms with Crippen LogP contribution in [0.4, 0.5) is 0 Å². The summed E-state index contributed by atoms with van der Waals surface area (Å²) < 4.78 is 1.41. The Morgan fingerprint density at radius 2 is 1.40 bits per heavy atom. The molecular formula is C28H19N5OS. The number of hydrogen-bond acceptors (Lipinski definition) is 5. The number of rotatable bonds is 6. The first-order valence-electron chi connectivity index (χ1n) is 11.0. The summed E-state index contributed by atoms with van der Waals surface area (Å²) in [5.41, 5.74) is 3.83. The molecule has 35 heavy (non-hydrogen) atoms. The van der Waals surface area contributed by atoms with Crippen molar-refractivity contribution in [1.29, 1.82) is 10.5 Å². The number of benzene rings is 3. The van der Waals surface area contributed by atoms with Gasteiger partial charge in [-0.1, -0.05) is 91.0 Å². The van der Waals surface area contributed by atoms with E-state index in [1.807, 2.05) is 96.4 Å². The van der Waals surface area contributed by atoms with Crippen molar-refractivity contribution in [3.63, 3.8) is 0 Å². The van der Waals surface area contributed by atoms with Gasteiger partial charge in [-0.05, 0) is 11.1 Å². The van der Waals surface area contributed by atoms with Crippen LogP contribution in [-0.4, -0.2) is 14.8 Å². The predicted octanol–water partition coefficient (Wildman–Crippen LogP) is 5.75. The predicted molar refractivity (Wildman–Crippen MR) is 136 cm³/mol. The lowest BCUT2D eigenvalue weighted by Gasteiger charge is -2.17. The van der Waals surface area contributed by atoms with E-state index in [1.54, 1.807) is 0 Å². The molecule has 0 radical (unpaired) electrons. The fourth-order valence-corrected chi connectivity index (χ4v) is 4.96. The largest absolute Gasteiger partial charge is 0.288 e. The van der Waals surface area contributed by atoms with E-state index in [0.29, 0.717) is 16.4 Å². The third-order valence-electron chi connectivity index (χ3n) is 5.82. The van der Waals surface area contributed by atoms with Crippen molar-refractivity contribution in [3.8, 4) is 39.8 Å². The Hall–Kier alpha value is -4.72. The number of thiazole rings is 1. The molecule has 0 aliphatic carbocycles. The number of nitrogens with zero attached hydrogens (tertiary/aromatic N) is 4. The molecule has 0 fully saturated rings. The minimum absolute atomic E-state index is 0.331. The summed E-state index contributed by atoms with van der Waals surface area (Å²) in [7, 11) is 0. The Labute approximate surface area is 206 Å². The van der Waals surface area contributed by atoms with Crippen LogP contribution >= 0.6 is 11.3 Å². The van der Waals surface area contributed by atoms with Crippen molar-refractivity contribution in [1.82, 2.24) is 14.8 Å². The third kappa shape index (κ3) is 4.17. The van der Waals surface area contributed by atoms with Crippen molar-refractivity contribution in [2.45, 2.75) is 5.92 Å². The van der Waals surface area contributed by atoms with Crippen LogP contribution in [-0.2, 0) is 0 Å². The SMILES string of the molecule is N#CC(C#N)[C@@H](c1ccccc1)c1c(-c2ccccc2)[nH]n(-c2nc(-c3ccccc3)cs2)c1=O. The van der Waals surface area contributed by atoms with E-state index < -0.39 is 11.8 Å². The summed E-state index contributed by atoms with van der Waals surface area (Å²) in [4.78, 5) is 18.6. The topological polar surface area (TPSA) is 98.3 Å². The third-order valence-corrected chi connectivity index (χ3v) is 6.65. The zero-order valence-corrected chi connectivity index (χ0v) is 19.3. The summed E-state index contributed by atoms with van der Waals surface area (Å²) in [6, 6.07) is 32.6. The first kappa shape index (κ1) is 22.1. The second-order valence-electron chi connectivity index (χ2n) is 7.91. The van der Waals surface area contributed by atoms with Crippen molar-refractivity contribution < 1.29 is 0 Å². The standard InChI is InChI=1S/C28H19N5OS/c29-16-22(17-30)24(20-12-6-2-7-13-20)25-26(21-14-8-3-9-15-21)32-33(27(25)34)28-31-23(18-35-28)19-10-4-1-5-11-19/h1-15,18,22,24,32H/t24-/m1/s1. The number of hydrogen-bond donors (Lipinski definition) is 1. The molecule has 6 nitrogen and oxygen atoms in total. The average molecular weight is 474 g/mol. The monoisotopic (exact) mass is 473 g/mol. The molecule has 2 aromatic heterocycles. The van der Waals surface area contributed by atoms with E-state index in [0.717, 1.165) is 22.4 Å². The van der Waals surface area contributed by atoms with Gasteiger partial charge in [0.15, 0.2) is 0 Å². The second kappa shape index (κ2) is 9.64. The lowest BCUT2D eigenvalue weighted by molar-refractivity contribution is 0.703. The van der Waals surface area contributed by atoms with Crippen LogP contribution < -0.4 is 5.56 Å².